The molecular formula is C56H72O16. The molecule has 3 fully saturated rings. The van der Waals surface area contributed by atoms with Crippen LogP contribution in [0.2, 0.25) is 0 Å². The van der Waals surface area contributed by atoms with Gasteiger partial charge in [-0.25, -0.2) is 9.59 Å². The molecule has 5 rings (SSSR count). The molecule has 0 heterocycles. The van der Waals surface area contributed by atoms with E-state index in [1.165, 1.54) is 0 Å². The van der Waals surface area contributed by atoms with Crippen molar-refractivity contribution in [2.24, 2.45) is 35.5 Å². The highest BCUT2D eigenvalue weighted by molar-refractivity contribution is 5.82. The Morgan fingerprint density at radius 3 is 0.917 bits per heavy atom. The molecule has 0 unspecified atom stereocenters. The summed E-state index contributed by atoms with van der Waals surface area (Å²) < 4.78 is 44.5. The molecule has 0 bridgehead atoms. The number of hydrogen-bond acceptors (Lipinski definition) is 16. The monoisotopic (exact) mass is 1000 g/mol. The van der Waals surface area contributed by atoms with Crippen LogP contribution in [0.5, 0.6) is 23.0 Å². The maximum atomic E-state index is 13.5. The first kappa shape index (κ1) is 56.6. The zero-order valence-electron chi connectivity index (χ0n) is 42.9. The Morgan fingerprint density at radius 1 is 0.389 bits per heavy atom. The quantitative estimate of drug-likeness (QED) is 0.0353. The first-order chi connectivity index (χ1) is 34.4. The van der Waals surface area contributed by atoms with Crippen LogP contribution in [0.1, 0.15) is 136 Å². The van der Waals surface area contributed by atoms with E-state index in [4.69, 9.17) is 37.9 Å². The molecule has 0 amide bonds. The maximum absolute atomic E-state index is 13.5. The van der Waals surface area contributed by atoms with Gasteiger partial charge in [0.2, 0.25) is 0 Å². The number of rotatable bonds is 22. The third kappa shape index (κ3) is 15.8. The minimum absolute atomic E-state index is 0.229. The highest BCUT2D eigenvalue weighted by Crippen LogP contribution is 2.40. The summed E-state index contributed by atoms with van der Waals surface area (Å²) in [7, 11) is 0. The second-order valence-corrected chi connectivity index (χ2v) is 19.4. The van der Waals surface area contributed by atoms with Crippen LogP contribution in [0.4, 0.5) is 0 Å². The summed E-state index contributed by atoms with van der Waals surface area (Å²) in [6.45, 7) is 18.4. The minimum atomic E-state index is -0.489. The number of hydrogen-bond donors (Lipinski definition) is 0. The molecule has 2 aromatic carbocycles. The van der Waals surface area contributed by atoms with Crippen LogP contribution in [-0.4, -0.2) is 74.2 Å². The Kier molecular flexibility index (Phi) is 21.6. The van der Waals surface area contributed by atoms with Crippen LogP contribution >= 0.6 is 0 Å². The van der Waals surface area contributed by atoms with E-state index >= 15 is 0 Å². The Labute approximate surface area is 422 Å². The van der Waals surface area contributed by atoms with Crippen LogP contribution in [0.25, 0.3) is 0 Å². The van der Waals surface area contributed by atoms with Crippen molar-refractivity contribution in [2.45, 2.75) is 144 Å². The Morgan fingerprint density at radius 2 is 0.639 bits per heavy atom. The Bertz CT molecular complexity index is 2160. The average Bonchev–Trinajstić information content (AvgIpc) is 3.38. The summed E-state index contributed by atoms with van der Waals surface area (Å²) in [5, 5.41) is 0. The van der Waals surface area contributed by atoms with Crippen LogP contribution in [-0.2, 0) is 57.3 Å². The predicted molar refractivity (Wildman–Crippen MR) is 263 cm³/mol. The lowest BCUT2D eigenvalue weighted by atomic mass is 9.82. The molecular weight excluding hydrogens is 929 g/mol. The average molecular weight is 1000 g/mol. The van der Waals surface area contributed by atoms with Crippen LogP contribution in [0, 0.1) is 77.0 Å². The van der Waals surface area contributed by atoms with Crippen LogP contribution in [0.3, 0.4) is 0 Å². The van der Waals surface area contributed by atoms with Crippen molar-refractivity contribution in [3.8, 4) is 23.0 Å². The Balaban J connectivity index is 1.03. The fraction of sp³-hybridized carbons (Fsp3) is 0.571. The molecule has 16 nitrogen and oxygen atoms in total. The molecule has 0 spiro atoms. The molecule has 3 saturated carbocycles. The molecule has 3 aliphatic rings. The molecule has 2 aromatic rings. The van der Waals surface area contributed by atoms with E-state index in [0.717, 1.165) is 12.2 Å². The first-order valence-corrected chi connectivity index (χ1v) is 25.4. The number of carbonyl (C=O) groups excluding carboxylic acids is 8. The molecule has 0 aliphatic heterocycles. The molecule has 0 aromatic heterocycles. The van der Waals surface area contributed by atoms with Gasteiger partial charge in [0.05, 0.1) is 61.9 Å². The standard InChI is InChI=1S/C56H72O16/c1-9-47(57)65-27-11-13-29-67-51(59)39-15-19-43(20-16-39)55(63)71-49-33(3)31-45(35(5)37(49)7)69-53(61)41-23-25-42(26-24-41)54(62)70-46-32-34(4)50(38(8)36(46)6)72-56(64)44-21-17-40(18-22-44)52(60)68-30-14-12-28-66-48(58)10-2/h9-10,31-32,39-44H,1-2,11-30H2,3-8H3. The van der Waals surface area contributed by atoms with Crippen molar-refractivity contribution in [2.75, 3.05) is 26.4 Å². The van der Waals surface area contributed by atoms with Gasteiger partial charge in [-0.1, -0.05) is 13.2 Å². The summed E-state index contributed by atoms with van der Waals surface area (Å²) in [4.78, 5) is 101. The highest BCUT2D eigenvalue weighted by atomic mass is 16.6. The van der Waals surface area contributed by atoms with Gasteiger partial charge in [-0.05, 0) is 190 Å². The number of esters is 8. The van der Waals surface area contributed by atoms with Crippen molar-refractivity contribution in [1.29, 1.82) is 0 Å². The number of carbonyl (C=O) groups is 8. The van der Waals surface area contributed by atoms with Crippen molar-refractivity contribution in [3.05, 3.63) is 70.8 Å². The van der Waals surface area contributed by atoms with E-state index in [-0.39, 0.29) is 74.0 Å². The van der Waals surface area contributed by atoms with Crippen molar-refractivity contribution in [1.82, 2.24) is 0 Å². The fourth-order valence-corrected chi connectivity index (χ4v) is 9.47. The lowest BCUT2D eigenvalue weighted by Crippen LogP contribution is -2.31. The lowest BCUT2D eigenvalue weighted by molar-refractivity contribution is -0.152. The van der Waals surface area contributed by atoms with Gasteiger partial charge in [0.1, 0.15) is 23.0 Å². The zero-order chi connectivity index (χ0) is 52.5. The van der Waals surface area contributed by atoms with E-state index < -0.39 is 35.7 Å². The van der Waals surface area contributed by atoms with E-state index in [1.807, 2.05) is 27.7 Å². The van der Waals surface area contributed by atoms with Gasteiger partial charge in [-0.2, -0.15) is 0 Å². The first-order valence-electron chi connectivity index (χ1n) is 25.4. The van der Waals surface area contributed by atoms with E-state index in [9.17, 15) is 38.4 Å². The zero-order valence-corrected chi connectivity index (χ0v) is 42.9. The second kappa shape index (κ2) is 27.5. The fourth-order valence-electron chi connectivity index (χ4n) is 9.47. The van der Waals surface area contributed by atoms with Crippen molar-refractivity contribution >= 4 is 47.8 Å². The summed E-state index contributed by atoms with van der Waals surface area (Å²) >= 11 is 0. The number of unbranched alkanes of at least 4 members (excludes halogenated alkanes) is 2. The van der Waals surface area contributed by atoms with Crippen LogP contribution < -0.4 is 18.9 Å². The molecule has 72 heavy (non-hydrogen) atoms. The van der Waals surface area contributed by atoms with Crippen molar-refractivity contribution in [3.63, 3.8) is 0 Å². The molecule has 392 valence electrons. The van der Waals surface area contributed by atoms with Gasteiger partial charge >= 0.3 is 47.8 Å². The topological polar surface area (TPSA) is 210 Å². The number of aryl methyl sites for hydroxylation is 2. The summed E-state index contributed by atoms with van der Waals surface area (Å²) in [6.07, 6.45) is 10.2. The largest absolute Gasteiger partial charge is 0.465 e. The number of benzene rings is 2. The summed E-state index contributed by atoms with van der Waals surface area (Å²) in [6, 6.07) is 3.40. The van der Waals surface area contributed by atoms with E-state index in [1.54, 1.807) is 26.0 Å². The molecule has 0 radical (unpaired) electrons. The molecule has 0 atom stereocenters. The van der Waals surface area contributed by atoms with Gasteiger partial charge in [0.25, 0.3) is 0 Å². The molecule has 0 saturated heterocycles. The summed E-state index contributed by atoms with van der Waals surface area (Å²) in [5.74, 6) is -3.66. The minimum Gasteiger partial charge on any atom is -0.465 e. The van der Waals surface area contributed by atoms with Gasteiger partial charge in [-0.15, -0.1) is 0 Å². The van der Waals surface area contributed by atoms with E-state index in [2.05, 4.69) is 13.2 Å². The maximum Gasteiger partial charge on any atom is 0.330 e. The SMILES string of the molecule is C=CC(=O)OCCCCOC(=O)C1CCC(C(=O)Oc2c(C)cc(OC(=O)C3CCC(C(=O)Oc4cc(C)c(OC(=O)C5CCC(C(=O)OCCCCOC(=O)C=C)CC5)c(C)c4C)CC3)c(C)c2C)CC1. The molecule has 16 heteroatoms. The Hall–Kier alpha value is -6.32. The smallest absolute Gasteiger partial charge is 0.330 e. The predicted octanol–water partition coefficient (Wildman–Crippen LogP) is 9.38. The normalized spacial score (nSPS) is 20.7. The van der Waals surface area contributed by atoms with Gasteiger partial charge in [0, 0.05) is 12.2 Å². The van der Waals surface area contributed by atoms with Gasteiger partial charge < -0.3 is 37.9 Å². The van der Waals surface area contributed by atoms with Gasteiger partial charge in [-0.3, -0.25) is 28.8 Å². The van der Waals surface area contributed by atoms with Gasteiger partial charge in [0.15, 0.2) is 0 Å². The van der Waals surface area contributed by atoms with Crippen molar-refractivity contribution < 1.29 is 76.3 Å². The summed E-state index contributed by atoms with van der Waals surface area (Å²) in [5.41, 5.74) is 3.96. The number of ether oxygens (including phenoxy) is 8. The third-order valence-corrected chi connectivity index (χ3v) is 14.4. The lowest BCUT2D eigenvalue weighted by Gasteiger charge is -2.27. The van der Waals surface area contributed by atoms with Crippen LogP contribution in [0.15, 0.2) is 37.4 Å². The second-order valence-electron chi connectivity index (χ2n) is 19.4. The molecule has 3 aliphatic carbocycles. The highest BCUT2D eigenvalue weighted by Gasteiger charge is 2.36. The third-order valence-electron chi connectivity index (χ3n) is 14.4. The molecule has 0 N–H and O–H groups in total. The van der Waals surface area contributed by atoms with E-state index in [0.29, 0.717) is 159 Å².